The van der Waals surface area contributed by atoms with Crippen molar-refractivity contribution in [1.29, 1.82) is 0 Å². The number of amides is 2. The fourth-order valence-electron chi connectivity index (χ4n) is 3.21. The van der Waals surface area contributed by atoms with Crippen LogP contribution in [-0.4, -0.2) is 46.9 Å². The van der Waals surface area contributed by atoms with E-state index in [-0.39, 0.29) is 12.0 Å². The molecule has 1 aromatic rings. The molecule has 0 atom stereocenters. The summed E-state index contributed by atoms with van der Waals surface area (Å²) in [6.07, 6.45) is 1.42. The zero-order valence-electron chi connectivity index (χ0n) is 16.2. The highest BCUT2D eigenvalue weighted by atomic mass is 16.7. The van der Waals surface area contributed by atoms with Crippen molar-refractivity contribution in [2.24, 2.45) is 5.16 Å². The molecular weight excluding hydrogens is 346 g/mol. The van der Waals surface area contributed by atoms with Gasteiger partial charge in [-0.25, -0.2) is 4.79 Å². The molecule has 146 valence electrons. The van der Waals surface area contributed by atoms with Crippen molar-refractivity contribution in [2.45, 2.75) is 57.8 Å². The molecule has 0 radical (unpaired) electrons. The molecule has 0 aromatic heterocycles. The van der Waals surface area contributed by atoms with Crippen LogP contribution < -0.4 is 5.32 Å². The molecule has 1 aromatic carbocycles. The van der Waals surface area contributed by atoms with E-state index in [0.717, 1.165) is 5.56 Å². The average molecular weight is 373 g/mol. The van der Waals surface area contributed by atoms with Crippen LogP contribution in [0, 0.1) is 0 Å². The Kier molecular flexibility index (Phi) is 5.39. The first kappa shape index (κ1) is 19.2. The summed E-state index contributed by atoms with van der Waals surface area (Å²) < 4.78 is 5.42. The molecule has 0 saturated carbocycles. The number of benzene rings is 1. The van der Waals surface area contributed by atoms with Crippen LogP contribution in [0.25, 0.3) is 0 Å². The van der Waals surface area contributed by atoms with E-state index in [1.807, 2.05) is 51.1 Å². The lowest BCUT2D eigenvalue weighted by Gasteiger charge is -2.37. The number of nitrogens with zero attached hydrogens (tertiary/aromatic N) is 2. The highest BCUT2D eigenvalue weighted by Crippen LogP contribution is 2.35. The second kappa shape index (κ2) is 7.58. The number of piperidine rings is 1. The first-order valence-electron chi connectivity index (χ1n) is 9.31. The van der Waals surface area contributed by atoms with Crippen LogP contribution in [0.2, 0.25) is 0 Å². The van der Waals surface area contributed by atoms with E-state index in [1.54, 1.807) is 4.90 Å². The molecule has 7 heteroatoms. The van der Waals surface area contributed by atoms with Crippen LogP contribution >= 0.6 is 0 Å². The fraction of sp³-hybridized carbons (Fsp3) is 0.550. The van der Waals surface area contributed by atoms with Crippen molar-refractivity contribution >= 4 is 17.7 Å². The maximum Gasteiger partial charge on any atom is 0.410 e. The van der Waals surface area contributed by atoms with Crippen molar-refractivity contribution in [3.05, 3.63) is 35.9 Å². The monoisotopic (exact) mass is 373 g/mol. The van der Waals surface area contributed by atoms with Gasteiger partial charge >= 0.3 is 6.09 Å². The molecule has 27 heavy (non-hydrogen) atoms. The second-order valence-corrected chi connectivity index (χ2v) is 8.12. The Balaban J connectivity index is 1.47. The van der Waals surface area contributed by atoms with Gasteiger partial charge in [-0.3, -0.25) is 4.79 Å². The second-order valence-electron chi connectivity index (χ2n) is 8.12. The number of hydrogen-bond donors (Lipinski definition) is 1. The zero-order chi connectivity index (χ0) is 19.5. The van der Waals surface area contributed by atoms with E-state index < -0.39 is 11.2 Å². The van der Waals surface area contributed by atoms with Crippen LogP contribution in [0.5, 0.6) is 0 Å². The Morgan fingerprint density at radius 2 is 1.89 bits per heavy atom. The Morgan fingerprint density at radius 1 is 1.22 bits per heavy atom. The molecule has 2 aliphatic heterocycles. The number of rotatable bonds is 3. The van der Waals surface area contributed by atoms with Crippen LogP contribution in [0.3, 0.4) is 0 Å². The molecule has 0 unspecified atom stereocenters. The fourth-order valence-corrected chi connectivity index (χ4v) is 3.21. The number of carbonyl (C=O) groups is 2. The van der Waals surface area contributed by atoms with E-state index in [1.165, 1.54) is 0 Å². The molecule has 2 heterocycles. The van der Waals surface area contributed by atoms with Crippen LogP contribution in [-0.2, 0) is 20.9 Å². The van der Waals surface area contributed by atoms with E-state index >= 15 is 0 Å². The van der Waals surface area contributed by atoms with Crippen LogP contribution in [0.4, 0.5) is 4.79 Å². The molecule has 3 rings (SSSR count). The summed E-state index contributed by atoms with van der Waals surface area (Å²) in [4.78, 5) is 31.9. The van der Waals surface area contributed by atoms with Gasteiger partial charge in [0.2, 0.25) is 0 Å². The predicted octanol–water partition coefficient (Wildman–Crippen LogP) is 2.85. The summed E-state index contributed by atoms with van der Waals surface area (Å²) in [5, 5.41) is 6.91. The quantitative estimate of drug-likeness (QED) is 0.883. The van der Waals surface area contributed by atoms with Gasteiger partial charge in [-0.1, -0.05) is 35.5 Å². The molecule has 0 bridgehead atoms. The van der Waals surface area contributed by atoms with Crippen molar-refractivity contribution in [1.82, 2.24) is 10.2 Å². The molecule has 2 amide bonds. The number of carbonyl (C=O) groups excluding carboxylic acids is 2. The van der Waals surface area contributed by atoms with Gasteiger partial charge < -0.3 is 19.8 Å². The van der Waals surface area contributed by atoms with Crippen molar-refractivity contribution in [3.63, 3.8) is 0 Å². The number of ether oxygens (including phenoxy) is 1. The number of oxime groups is 1. The van der Waals surface area contributed by atoms with Crippen molar-refractivity contribution in [3.8, 4) is 0 Å². The third-order valence-electron chi connectivity index (χ3n) is 4.72. The maximum absolute atomic E-state index is 12.4. The third-order valence-corrected chi connectivity index (χ3v) is 4.72. The van der Waals surface area contributed by atoms with Gasteiger partial charge in [0.15, 0.2) is 0 Å². The molecular formula is C20H27N3O4. The van der Waals surface area contributed by atoms with E-state index in [9.17, 15) is 9.59 Å². The SMILES string of the molecule is CC(C)(C)OC(=O)N1CCC2(CC1)CC(C(=O)NCc1ccccc1)=NO2. The van der Waals surface area contributed by atoms with Gasteiger partial charge in [0.25, 0.3) is 5.91 Å². The van der Waals surface area contributed by atoms with Crippen molar-refractivity contribution in [2.75, 3.05) is 13.1 Å². The lowest BCUT2D eigenvalue weighted by Crippen LogP contribution is -2.48. The lowest BCUT2D eigenvalue weighted by molar-refractivity contribution is -0.115. The highest BCUT2D eigenvalue weighted by molar-refractivity contribution is 6.39. The highest BCUT2D eigenvalue weighted by Gasteiger charge is 2.44. The van der Waals surface area contributed by atoms with Crippen LogP contribution in [0.15, 0.2) is 35.5 Å². The smallest absolute Gasteiger partial charge is 0.410 e. The average Bonchev–Trinajstić information content (AvgIpc) is 3.03. The lowest BCUT2D eigenvalue weighted by atomic mass is 9.87. The Hall–Kier alpha value is -2.57. The normalized spacial score (nSPS) is 18.6. The summed E-state index contributed by atoms with van der Waals surface area (Å²) in [5.41, 5.74) is 0.448. The van der Waals surface area contributed by atoms with Gasteiger partial charge in [0.1, 0.15) is 16.9 Å². The van der Waals surface area contributed by atoms with Gasteiger partial charge in [-0.2, -0.15) is 0 Å². The summed E-state index contributed by atoms with van der Waals surface area (Å²) in [6.45, 7) is 7.07. The summed E-state index contributed by atoms with van der Waals surface area (Å²) in [5.74, 6) is -0.203. The Labute approximate surface area is 159 Å². The molecule has 1 saturated heterocycles. The minimum absolute atomic E-state index is 0.203. The maximum atomic E-state index is 12.4. The van der Waals surface area contributed by atoms with Gasteiger partial charge in [-0.05, 0) is 26.3 Å². The zero-order valence-corrected chi connectivity index (χ0v) is 16.2. The summed E-state index contributed by atoms with van der Waals surface area (Å²) >= 11 is 0. The minimum atomic E-state index is -0.511. The largest absolute Gasteiger partial charge is 0.444 e. The molecule has 1 spiro atoms. The predicted molar refractivity (Wildman–Crippen MR) is 101 cm³/mol. The number of likely N-dealkylation sites (tertiary alicyclic amines) is 1. The Bertz CT molecular complexity index is 716. The molecule has 1 fully saturated rings. The summed E-state index contributed by atoms with van der Waals surface area (Å²) in [7, 11) is 0. The van der Waals surface area contributed by atoms with Crippen LogP contribution in [0.1, 0.15) is 45.6 Å². The molecule has 0 aliphatic carbocycles. The van der Waals surface area contributed by atoms with E-state index in [2.05, 4.69) is 10.5 Å². The minimum Gasteiger partial charge on any atom is -0.444 e. The van der Waals surface area contributed by atoms with Gasteiger partial charge in [-0.15, -0.1) is 0 Å². The topological polar surface area (TPSA) is 80.2 Å². The number of nitrogens with one attached hydrogen (secondary N) is 1. The first-order valence-corrected chi connectivity index (χ1v) is 9.31. The van der Waals surface area contributed by atoms with Gasteiger partial charge in [0, 0.05) is 38.9 Å². The molecule has 1 N–H and O–H groups in total. The van der Waals surface area contributed by atoms with Crippen molar-refractivity contribution < 1.29 is 19.2 Å². The standard InChI is InChI=1S/C20H27N3O4/c1-19(2,3)26-18(25)23-11-9-20(10-12-23)13-16(22-27-20)17(24)21-14-15-7-5-4-6-8-15/h4-8H,9-14H2,1-3H3,(H,21,24). The first-order chi connectivity index (χ1) is 12.8. The molecule has 2 aliphatic rings. The molecule has 7 nitrogen and oxygen atoms in total. The van der Waals surface area contributed by atoms with E-state index in [0.29, 0.717) is 44.6 Å². The Morgan fingerprint density at radius 3 is 2.52 bits per heavy atom. The summed E-state index contributed by atoms with van der Waals surface area (Å²) in [6, 6.07) is 9.73. The van der Waals surface area contributed by atoms with E-state index in [4.69, 9.17) is 9.57 Å². The number of hydrogen-bond acceptors (Lipinski definition) is 5. The van der Waals surface area contributed by atoms with Gasteiger partial charge in [0.05, 0.1) is 0 Å². The third kappa shape index (κ3) is 4.99.